The lowest BCUT2D eigenvalue weighted by Gasteiger charge is -1.92. The Hall–Kier alpha value is 0.310. The quantitative estimate of drug-likeness (QED) is 0.335. The molecule has 0 amide bonds. The van der Waals surface area contributed by atoms with Crippen LogP contribution in [0, 0.1) is 0 Å². The first kappa shape index (κ1) is 10.3. The van der Waals surface area contributed by atoms with Gasteiger partial charge in [-0.25, -0.2) is 0 Å². The fourth-order valence-electron chi connectivity index (χ4n) is 0.786. The molecule has 0 atom stereocenters. The summed E-state index contributed by atoms with van der Waals surface area (Å²) in [6.07, 6.45) is 5.81. The summed E-state index contributed by atoms with van der Waals surface area (Å²) in [6, 6.07) is 0. The molecule has 0 bridgehead atoms. The standard InChI is InChI=1S/C7H14ClOS/c8-6-4-2-1-3-5-7-10-9/h1-7H2/q+1. The largest absolute Gasteiger partial charge is 0.458 e. The van der Waals surface area contributed by atoms with Crippen molar-refractivity contribution in [1.29, 1.82) is 0 Å². The van der Waals surface area contributed by atoms with Crippen molar-refractivity contribution >= 4 is 23.3 Å². The Bertz CT molecular complexity index is 78.0. The lowest BCUT2D eigenvalue weighted by molar-refractivity contribution is 0.600. The van der Waals surface area contributed by atoms with E-state index in [2.05, 4.69) is 0 Å². The molecule has 0 radical (unpaired) electrons. The van der Waals surface area contributed by atoms with Crippen LogP contribution < -0.4 is 0 Å². The van der Waals surface area contributed by atoms with Gasteiger partial charge in [-0.15, -0.1) is 11.6 Å². The van der Waals surface area contributed by atoms with Gasteiger partial charge in [0.2, 0.25) is 5.75 Å². The molecule has 3 heteroatoms. The summed E-state index contributed by atoms with van der Waals surface area (Å²) in [5, 5.41) is 0. The van der Waals surface area contributed by atoms with Gasteiger partial charge in [-0.2, -0.15) is 0 Å². The summed E-state index contributed by atoms with van der Waals surface area (Å²) < 4.78 is 9.91. The first-order chi connectivity index (χ1) is 4.91. The second kappa shape index (κ2) is 9.31. The molecular weight excluding hydrogens is 168 g/mol. The Morgan fingerprint density at radius 2 is 1.60 bits per heavy atom. The lowest BCUT2D eigenvalue weighted by Crippen LogP contribution is -1.83. The van der Waals surface area contributed by atoms with Crippen LogP contribution in [0.1, 0.15) is 32.1 Å². The maximum atomic E-state index is 9.91. The van der Waals surface area contributed by atoms with Crippen LogP contribution in [0.2, 0.25) is 0 Å². The summed E-state index contributed by atoms with van der Waals surface area (Å²) >= 11 is 6.18. The minimum Gasteiger partial charge on any atom is -0.127 e. The highest BCUT2D eigenvalue weighted by molar-refractivity contribution is 7.65. The van der Waals surface area contributed by atoms with Crippen LogP contribution in [-0.2, 0) is 15.9 Å². The van der Waals surface area contributed by atoms with Gasteiger partial charge in [0.15, 0.2) is 0 Å². The van der Waals surface area contributed by atoms with Crippen LogP contribution in [0.3, 0.4) is 0 Å². The minimum atomic E-state index is 0.689. The molecule has 0 aromatic carbocycles. The van der Waals surface area contributed by atoms with Gasteiger partial charge in [0.25, 0.3) is 0 Å². The van der Waals surface area contributed by atoms with E-state index in [0.29, 0.717) is 11.7 Å². The van der Waals surface area contributed by atoms with Crippen molar-refractivity contribution in [1.82, 2.24) is 0 Å². The van der Waals surface area contributed by atoms with E-state index < -0.39 is 0 Å². The van der Waals surface area contributed by atoms with Crippen molar-refractivity contribution in [3.63, 3.8) is 0 Å². The van der Waals surface area contributed by atoms with Gasteiger partial charge >= 0.3 is 11.7 Å². The Balaban J connectivity index is 2.70. The highest BCUT2D eigenvalue weighted by Gasteiger charge is 1.96. The highest BCUT2D eigenvalue weighted by Crippen LogP contribution is 2.03. The zero-order valence-corrected chi connectivity index (χ0v) is 7.72. The van der Waals surface area contributed by atoms with Crippen LogP contribution >= 0.6 is 11.6 Å². The van der Waals surface area contributed by atoms with Crippen molar-refractivity contribution < 1.29 is 4.21 Å². The molecule has 0 saturated heterocycles. The van der Waals surface area contributed by atoms with Gasteiger partial charge in [0.1, 0.15) is 0 Å². The first-order valence-corrected chi connectivity index (χ1v) is 5.17. The molecule has 0 saturated carbocycles. The van der Waals surface area contributed by atoms with Gasteiger partial charge in [-0.1, -0.05) is 12.8 Å². The maximum absolute atomic E-state index is 9.91. The maximum Gasteiger partial charge on any atom is 0.458 e. The van der Waals surface area contributed by atoms with Crippen LogP contribution in [-0.4, -0.2) is 11.6 Å². The molecule has 0 N–H and O–H groups in total. The fraction of sp³-hybridized carbons (Fsp3) is 1.00. The molecule has 0 fully saturated rings. The number of alkyl halides is 1. The zero-order valence-electron chi connectivity index (χ0n) is 6.14. The third kappa shape index (κ3) is 8.31. The number of rotatable bonds is 7. The Labute approximate surface area is 71.6 Å². The van der Waals surface area contributed by atoms with E-state index in [4.69, 9.17) is 11.6 Å². The van der Waals surface area contributed by atoms with Crippen molar-refractivity contribution in [2.75, 3.05) is 11.6 Å². The summed E-state index contributed by atoms with van der Waals surface area (Å²) in [6.45, 7) is 0. The number of hydrogen-bond donors (Lipinski definition) is 0. The summed E-state index contributed by atoms with van der Waals surface area (Å²) in [7, 11) is 0. The monoisotopic (exact) mass is 181 g/mol. The smallest absolute Gasteiger partial charge is 0.127 e. The molecule has 0 aliphatic heterocycles. The van der Waals surface area contributed by atoms with Crippen molar-refractivity contribution in [3.05, 3.63) is 0 Å². The first-order valence-electron chi connectivity index (χ1n) is 3.72. The third-order valence-corrected chi connectivity index (χ3v) is 2.08. The molecule has 0 heterocycles. The van der Waals surface area contributed by atoms with Gasteiger partial charge in [-0.3, -0.25) is 0 Å². The molecule has 0 aliphatic rings. The van der Waals surface area contributed by atoms with E-state index in [-0.39, 0.29) is 0 Å². The van der Waals surface area contributed by atoms with Gasteiger partial charge in [-0.05, 0) is 12.8 Å². The second-order valence-corrected chi connectivity index (χ2v) is 3.30. The molecule has 0 aromatic heterocycles. The molecule has 0 spiro atoms. The van der Waals surface area contributed by atoms with Crippen LogP contribution in [0.15, 0.2) is 0 Å². The second-order valence-electron chi connectivity index (χ2n) is 2.28. The minimum absolute atomic E-state index is 0.689. The van der Waals surface area contributed by atoms with Crippen molar-refractivity contribution in [2.45, 2.75) is 32.1 Å². The number of unbranched alkanes of at least 4 members (excludes halogenated alkanes) is 4. The molecule has 0 unspecified atom stereocenters. The molecule has 60 valence electrons. The highest BCUT2D eigenvalue weighted by atomic mass is 35.5. The molecule has 0 aliphatic carbocycles. The van der Waals surface area contributed by atoms with Crippen molar-refractivity contribution in [3.8, 4) is 0 Å². The fourth-order valence-corrected chi connectivity index (χ4v) is 1.30. The van der Waals surface area contributed by atoms with Gasteiger partial charge in [0.05, 0.1) is 0 Å². The van der Waals surface area contributed by atoms with Crippen LogP contribution in [0.5, 0.6) is 0 Å². The summed E-state index contributed by atoms with van der Waals surface area (Å²) in [5.74, 6) is 1.54. The van der Waals surface area contributed by atoms with Crippen molar-refractivity contribution in [2.24, 2.45) is 0 Å². The average Bonchev–Trinajstić information content (AvgIpc) is 1.97. The lowest BCUT2D eigenvalue weighted by atomic mass is 10.2. The molecule has 0 rings (SSSR count). The Morgan fingerprint density at radius 1 is 1.00 bits per heavy atom. The van der Waals surface area contributed by atoms with E-state index in [1.807, 2.05) is 0 Å². The topological polar surface area (TPSA) is 17.1 Å². The zero-order chi connectivity index (χ0) is 7.66. The van der Waals surface area contributed by atoms with Gasteiger partial charge in [0, 0.05) is 16.5 Å². The number of halogens is 1. The third-order valence-electron chi connectivity index (χ3n) is 1.36. The molecule has 10 heavy (non-hydrogen) atoms. The van der Waals surface area contributed by atoms with Gasteiger partial charge < -0.3 is 0 Å². The van der Waals surface area contributed by atoms with Crippen LogP contribution in [0.25, 0.3) is 0 Å². The molecular formula is C7H14ClOS+. The average molecular weight is 182 g/mol. The summed E-state index contributed by atoms with van der Waals surface area (Å²) in [4.78, 5) is 0. The number of hydrogen-bond acceptors (Lipinski definition) is 1. The molecule has 0 aromatic rings. The normalized spacial score (nSPS) is 9.70. The molecule has 1 nitrogen and oxygen atoms in total. The van der Waals surface area contributed by atoms with E-state index in [1.165, 1.54) is 19.3 Å². The predicted octanol–water partition coefficient (Wildman–Crippen LogP) is 2.60. The van der Waals surface area contributed by atoms with Crippen LogP contribution in [0.4, 0.5) is 0 Å². The van der Waals surface area contributed by atoms with E-state index in [9.17, 15) is 4.21 Å². The Kier molecular flexibility index (Phi) is 9.60. The van der Waals surface area contributed by atoms with E-state index in [0.717, 1.165) is 24.5 Å². The van der Waals surface area contributed by atoms with E-state index >= 15 is 0 Å². The Morgan fingerprint density at radius 3 is 2.20 bits per heavy atom. The predicted molar refractivity (Wildman–Crippen MR) is 46.7 cm³/mol. The summed E-state index contributed by atoms with van der Waals surface area (Å²) in [5.41, 5.74) is 0. The SMILES string of the molecule is O=[S+]CCCCCCCCl. The van der Waals surface area contributed by atoms with E-state index in [1.54, 1.807) is 0 Å².